The van der Waals surface area contributed by atoms with E-state index in [9.17, 15) is 9.18 Å². The Labute approximate surface area is 102 Å². The average molecular weight is 244 g/mol. The fourth-order valence-corrected chi connectivity index (χ4v) is 1.82. The standard InChI is InChI=1S/C13H9FN2O2/c1-16-5-4-15-13(16)12(17)11-7-8-6-9(14)2-3-10(8)18-11/h2-7H,1H3. The van der Waals surface area contributed by atoms with Crippen LogP contribution in [-0.4, -0.2) is 15.3 Å². The molecule has 90 valence electrons. The second kappa shape index (κ2) is 3.80. The van der Waals surface area contributed by atoms with E-state index in [1.807, 2.05) is 0 Å². The Balaban J connectivity index is 2.10. The van der Waals surface area contributed by atoms with Gasteiger partial charge in [0.05, 0.1) is 0 Å². The fraction of sp³-hybridized carbons (Fsp3) is 0.0769. The zero-order chi connectivity index (χ0) is 12.7. The van der Waals surface area contributed by atoms with Crippen LogP contribution in [-0.2, 0) is 7.05 Å². The molecule has 4 nitrogen and oxygen atoms in total. The third-order valence-corrected chi connectivity index (χ3v) is 2.73. The minimum Gasteiger partial charge on any atom is -0.452 e. The van der Waals surface area contributed by atoms with E-state index in [-0.39, 0.29) is 23.2 Å². The minimum atomic E-state index is -0.362. The first kappa shape index (κ1) is 10.7. The van der Waals surface area contributed by atoms with Crippen molar-refractivity contribution >= 4 is 16.8 Å². The van der Waals surface area contributed by atoms with Crippen LogP contribution < -0.4 is 0 Å². The molecule has 3 rings (SSSR count). The highest BCUT2D eigenvalue weighted by atomic mass is 19.1. The smallest absolute Gasteiger partial charge is 0.263 e. The van der Waals surface area contributed by atoms with Crippen molar-refractivity contribution in [3.63, 3.8) is 0 Å². The molecule has 5 heteroatoms. The molecule has 0 aliphatic heterocycles. The van der Waals surface area contributed by atoms with Gasteiger partial charge in [-0.25, -0.2) is 9.37 Å². The van der Waals surface area contributed by atoms with Crippen molar-refractivity contribution in [3.8, 4) is 0 Å². The molecule has 1 aromatic carbocycles. The maximum Gasteiger partial charge on any atom is 0.263 e. The second-order valence-corrected chi connectivity index (χ2v) is 3.98. The SMILES string of the molecule is Cn1ccnc1C(=O)c1cc2cc(F)ccc2o1. The quantitative estimate of drug-likeness (QED) is 0.651. The van der Waals surface area contributed by atoms with Gasteiger partial charge in [0.2, 0.25) is 0 Å². The van der Waals surface area contributed by atoms with Crippen molar-refractivity contribution in [1.82, 2.24) is 9.55 Å². The van der Waals surface area contributed by atoms with Crippen LogP contribution >= 0.6 is 0 Å². The summed E-state index contributed by atoms with van der Waals surface area (Å²) >= 11 is 0. The van der Waals surface area contributed by atoms with Gasteiger partial charge in [0.25, 0.3) is 5.78 Å². The Bertz CT molecular complexity index is 742. The molecule has 2 aromatic heterocycles. The Morgan fingerprint density at radius 3 is 2.94 bits per heavy atom. The number of aromatic nitrogens is 2. The van der Waals surface area contributed by atoms with Gasteiger partial charge in [0.15, 0.2) is 11.6 Å². The topological polar surface area (TPSA) is 48.0 Å². The lowest BCUT2D eigenvalue weighted by molar-refractivity contribution is 0.0998. The molecule has 0 bridgehead atoms. The van der Waals surface area contributed by atoms with Crippen LogP contribution in [0.1, 0.15) is 16.4 Å². The maximum atomic E-state index is 13.0. The van der Waals surface area contributed by atoms with Gasteiger partial charge in [-0.05, 0) is 24.3 Å². The lowest BCUT2D eigenvalue weighted by atomic mass is 10.2. The molecule has 0 spiro atoms. The summed E-state index contributed by atoms with van der Waals surface area (Å²) in [5.74, 6) is -0.238. The number of fused-ring (bicyclic) bond motifs is 1. The van der Waals surface area contributed by atoms with Gasteiger partial charge in [-0.1, -0.05) is 0 Å². The molecule has 0 saturated carbocycles. The number of halogens is 1. The predicted molar refractivity (Wildman–Crippen MR) is 62.8 cm³/mol. The Morgan fingerprint density at radius 1 is 1.39 bits per heavy atom. The Morgan fingerprint density at radius 2 is 2.22 bits per heavy atom. The number of aryl methyl sites for hydroxylation is 1. The summed E-state index contributed by atoms with van der Waals surface area (Å²) in [5, 5.41) is 0.563. The van der Waals surface area contributed by atoms with E-state index in [0.29, 0.717) is 11.0 Å². The summed E-state index contributed by atoms with van der Waals surface area (Å²) in [5.41, 5.74) is 0.481. The summed E-state index contributed by atoms with van der Waals surface area (Å²) < 4.78 is 20.0. The molecule has 0 saturated heterocycles. The number of carbonyl (C=O) groups excluding carboxylic acids is 1. The average Bonchev–Trinajstić information content (AvgIpc) is 2.93. The van der Waals surface area contributed by atoms with Crippen molar-refractivity contribution in [3.05, 3.63) is 54.1 Å². The molecular formula is C13H9FN2O2. The van der Waals surface area contributed by atoms with E-state index in [4.69, 9.17) is 4.42 Å². The summed E-state index contributed by atoms with van der Waals surface area (Å²) in [6.07, 6.45) is 3.21. The molecular weight excluding hydrogens is 235 g/mol. The van der Waals surface area contributed by atoms with Gasteiger partial charge in [0, 0.05) is 24.8 Å². The highest BCUT2D eigenvalue weighted by Crippen LogP contribution is 2.21. The number of benzene rings is 1. The van der Waals surface area contributed by atoms with E-state index in [1.165, 1.54) is 30.5 Å². The minimum absolute atomic E-state index is 0.157. The second-order valence-electron chi connectivity index (χ2n) is 3.98. The molecule has 3 aromatic rings. The number of rotatable bonds is 2. The first-order valence-electron chi connectivity index (χ1n) is 5.36. The van der Waals surface area contributed by atoms with Gasteiger partial charge in [-0.15, -0.1) is 0 Å². The zero-order valence-electron chi connectivity index (χ0n) is 9.55. The summed E-state index contributed by atoms with van der Waals surface area (Å²) in [6, 6.07) is 5.64. The molecule has 0 radical (unpaired) electrons. The van der Waals surface area contributed by atoms with E-state index in [1.54, 1.807) is 17.8 Å². The van der Waals surface area contributed by atoms with Gasteiger partial charge in [-0.3, -0.25) is 4.79 Å². The van der Waals surface area contributed by atoms with Crippen molar-refractivity contribution in [2.45, 2.75) is 0 Å². The number of imidazole rings is 1. The first-order chi connectivity index (χ1) is 8.65. The van der Waals surface area contributed by atoms with Crippen LogP contribution in [0.25, 0.3) is 11.0 Å². The summed E-state index contributed by atoms with van der Waals surface area (Å²) in [6.45, 7) is 0. The molecule has 0 aliphatic carbocycles. The molecule has 0 atom stereocenters. The van der Waals surface area contributed by atoms with Crippen LogP contribution in [0, 0.1) is 5.82 Å². The van der Waals surface area contributed by atoms with Gasteiger partial charge < -0.3 is 8.98 Å². The molecule has 0 N–H and O–H groups in total. The highest BCUT2D eigenvalue weighted by molar-refractivity contribution is 6.06. The lowest BCUT2D eigenvalue weighted by Gasteiger charge is -1.96. The highest BCUT2D eigenvalue weighted by Gasteiger charge is 2.18. The lowest BCUT2D eigenvalue weighted by Crippen LogP contribution is -2.07. The van der Waals surface area contributed by atoms with Crippen molar-refractivity contribution in [2.24, 2.45) is 7.05 Å². The van der Waals surface area contributed by atoms with Crippen molar-refractivity contribution in [1.29, 1.82) is 0 Å². The van der Waals surface area contributed by atoms with Gasteiger partial charge in [0.1, 0.15) is 11.4 Å². The molecule has 0 aliphatic rings. The van der Waals surface area contributed by atoms with Crippen LogP contribution in [0.15, 0.2) is 41.1 Å². The largest absolute Gasteiger partial charge is 0.452 e. The van der Waals surface area contributed by atoms with Gasteiger partial charge >= 0.3 is 0 Å². The fourth-order valence-electron chi connectivity index (χ4n) is 1.82. The van der Waals surface area contributed by atoms with E-state index in [0.717, 1.165) is 0 Å². The number of ketones is 1. The van der Waals surface area contributed by atoms with E-state index in [2.05, 4.69) is 4.98 Å². The molecule has 2 heterocycles. The van der Waals surface area contributed by atoms with Crippen molar-refractivity contribution in [2.75, 3.05) is 0 Å². The summed E-state index contributed by atoms with van der Waals surface area (Å²) in [4.78, 5) is 16.1. The summed E-state index contributed by atoms with van der Waals surface area (Å²) in [7, 11) is 1.72. The monoisotopic (exact) mass is 244 g/mol. The maximum absolute atomic E-state index is 13.0. The first-order valence-corrected chi connectivity index (χ1v) is 5.36. The number of carbonyl (C=O) groups is 1. The molecule has 0 unspecified atom stereocenters. The molecule has 0 fully saturated rings. The molecule has 0 amide bonds. The van der Waals surface area contributed by atoms with E-state index < -0.39 is 0 Å². The van der Waals surface area contributed by atoms with Crippen LogP contribution in [0.3, 0.4) is 0 Å². The van der Waals surface area contributed by atoms with Crippen LogP contribution in [0.2, 0.25) is 0 Å². The number of hydrogen-bond donors (Lipinski definition) is 0. The van der Waals surface area contributed by atoms with Crippen LogP contribution in [0.4, 0.5) is 4.39 Å². The van der Waals surface area contributed by atoms with Crippen LogP contribution in [0.5, 0.6) is 0 Å². The molecule has 18 heavy (non-hydrogen) atoms. The number of hydrogen-bond acceptors (Lipinski definition) is 3. The predicted octanol–water partition coefficient (Wildman–Crippen LogP) is 2.54. The Kier molecular flexibility index (Phi) is 2.26. The van der Waals surface area contributed by atoms with Crippen molar-refractivity contribution < 1.29 is 13.6 Å². The zero-order valence-corrected chi connectivity index (χ0v) is 9.55. The number of nitrogens with zero attached hydrogens (tertiary/aromatic N) is 2. The third kappa shape index (κ3) is 1.60. The number of furan rings is 1. The van der Waals surface area contributed by atoms with E-state index >= 15 is 0 Å². The van der Waals surface area contributed by atoms with Gasteiger partial charge in [-0.2, -0.15) is 0 Å². The normalized spacial score (nSPS) is 11.0. The Hall–Kier alpha value is -2.43. The third-order valence-electron chi connectivity index (χ3n) is 2.73.